The Bertz CT molecular complexity index is 607. The van der Waals surface area contributed by atoms with Gasteiger partial charge in [0.25, 0.3) is 0 Å². The molecule has 0 spiro atoms. The number of tetrazole rings is 1. The fraction of sp³-hybridized carbons (Fsp3) is 0.467. The largest absolute Gasteiger partial charge is 0.481 e. The maximum absolute atomic E-state index is 11.0. The molecule has 0 saturated heterocycles. The second-order valence-corrected chi connectivity index (χ2v) is 5.60. The van der Waals surface area contributed by atoms with E-state index < -0.39 is 11.4 Å². The fourth-order valence-electron chi connectivity index (χ4n) is 2.44. The molecule has 1 aromatic carbocycles. The van der Waals surface area contributed by atoms with E-state index in [2.05, 4.69) is 15.5 Å². The lowest BCUT2D eigenvalue weighted by molar-refractivity contribution is -0.138. The minimum Gasteiger partial charge on any atom is -0.481 e. The van der Waals surface area contributed by atoms with Crippen LogP contribution in [0.25, 0.3) is 0 Å². The number of carbonyl (C=O) groups is 1. The zero-order valence-electron chi connectivity index (χ0n) is 12.5. The third kappa shape index (κ3) is 3.09. The summed E-state index contributed by atoms with van der Waals surface area (Å²) in [7, 11) is 0. The molecular formula is C15H20N4O2. The van der Waals surface area contributed by atoms with E-state index in [9.17, 15) is 4.79 Å². The quantitative estimate of drug-likeness (QED) is 0.883. The number of carboxylic acid groups (broad SMARTS) is 1. The van der Waals surface area contributed by atoms with Crippen molar-refractivity contribution in [3.8, 4) is 0 Å². The van der Waals surface area contributed by atoms with Gasteiger partial charge in [-0.05, 0) is 36.3 Å². The molecule has 6 nitrogen and oxygen atoms in total. The Hall–Kier alpha value is -2.24. The number of aromatic nitrogens is 4. The van der Waals surface area contributed by atoms with E-state index in [1.165, 1.54) is 0 Å². The maximum Gasteiger partial charge on any atom is 0.305 e. The van der Waals surface area contributed by atoms with Crippen molar-refractivity contribution in [3.05, 3.63) is 41.7 Å². The molecule has 0 aliphatic carbocycles. The molecule has 2 aromatic rings. The Labute approximate surface area is 123 Å². The number of hydrogen-bond donors (Lipinski definition) is 1. The Morgan fingerprint density at radius 3 is 2.57 bits per heavy atom. The molecule has 112 valence electrons. The summed E-state index contributed by atoms with van der Waals surface area (Å²) in [5.74, 6) is -0.164. The van der Waals surface area contributed by atoms with Crippen molar-refractivity contribution in [3.63, 3.8) is 0 Å². The van der Waals surface area contributed by atoms with Crippen LogP contribution in [-0.4, -0.2) is 31.3 Å². The molecule has 1 heterocycles. The molecule has 0 bridgehead atoms. The molecule has 1 aromatic heterocycles. The zero-order valence-corrected chi connectivity index (χ0v) is 12.5. The van der Waals surface area contributed by atoms with Gasteiger partial charge in [-0.2, -0.15) is 0 Å². The Balaban J connectivity index is 2.41. The minimum absolute atomic E-state index is 0.0133. The predicted molar refractivity (Wildman–Crippen MR) is 78.0 cm³/mol. The number of benzene rings is 1. The number of carboxylic acids is 1. The summed E-state index contributed by atoms with van der Waals surface area (Å²) in [5.41, 5.74) is 0.697. The average molecular weight is 288 g/mol. The summed E-state index contributed by atoms with van der Waals surface area (Å²) in [6, 6.07) is 9.71. The van der Waals surface area contributed by atoms with Gasteiger partial charge in [0.1, 0.15) is 0 Å². The lowest BCUT2D eigenvalue weighted by Crippen LogP contribution is -2.27. The normalized spacial score (nSPS) is 13.1. The average Bonchev–Trinajstić information content (AvgIpc) is 2.95. The van der Waals surface area contributed by atoms with Gasteiger partial charge in [0.15, 0.2) is 5.82 Å². The van der Waals surface area contributed by atoms with Crippen molar-refractivity contribution < 1.29 is 9.90 Å². The molecule has 1 unspecified atom stereocenters. The fourth-order valence-corrected chi connectivity index (χ4v) is 2.44. The summed E-state index contributed by atoms with van der Waals surface area (Å²) in [4.78, 5) is 11.0. The topological polar surface area (TPSA) is 80.9 Å². The van der Waals surface area contributed by atoms with Gasteiger partial charge in [-0.15, -0.1) is 5.10 Å². The lowest BCUT2D eigenvalue weighted by atomic mass is 9.83. The number of nitrogens with zero attached hydrogens (tertiary/aromatic N) is 4. The maximum atomic E-state index is 11.0. The number of aliphatic carboxylic acids is 1. The van der Waals surface area contributed by atoms with Gasteiger partial charge in [0.2, 0.25) is 0 Å². The van der Waals surface area contributed by atoms with Crippen molar-refractivity contribution in [2.75, 3.05) is 0 Å². The van der Waals surface area contributed by atoms with Crippen LogP contribution >= 0.6 is 0 Å². The molecule has 1 atom stereocenters. The van der Waals surface area contributed by atoms with Crippen LogP contribution in [0.2, 0.25) is 0 Å². The van der Waals surface area contributed by atoms with Crippen molar-refractivity contribution in [1.29, 1.82) is 0 Å². The van der Waals surface area contributed by atoms with Crippen LogP contribution in [0.4, 0.5) is 0 Å². The Morgan fingerprint density at radius 1 is 1.33 bits per heavy atom. The van der Waals surface area contributed by atoms with E-state index in [1.54, 1.807) is 4.68 Å². The van der Waals surface area contributed by atoms with Gasteiger partial charge in [-0.3, -0.25) is 4.79 Å². The van der Waals surface area contributed by atoms with Crippen LogP contribution in [0.1, 0.15) is 51.0 Å². The smallest absolute Gasteiger partial charge is 0.305 e. The van der Waals surface area contributed by atoms with Gasteiger partial charge in [-0.25, -0.2) is 4.68 Å². The first-order valence-electron chi connectivity index (χ1n) is 7.02. The Kier molecular flexibility index (Phi) is 4.35. The molecule has 21 heavy (non-hydrogen) atoms. The molecule has 0 amide bonds. The SMILES string of the molecule is CCC(CC(=O)O)n1nnnc1C(C)(C)c1ccccc1. The van der Waals surface area contributed by atoms with Gasteiger partial charge in [0.05, 0.1) is 17.9 Å². The van der Waals surface area contributed by atoms with Gasteiger partial charge >= 0.3 is 5.97 Å². The van der Waals surface area contributed by atoms with Crippen molar-refractivity contribution >= 4 is 5.97 Å². The van der Waals surface area contributed by atoms with E-state index in [-0.39, 0.29) is 12.5 Å². The van der Waals surface area contributed by atoms with Crippen LogP contribution in [0.5, 0.6) is 0 Å². The predicted octanol–water partition coefficient (Wildman–Crippen LogP) is 2.42. The molecule has 0 radical (unpaired) electrons. The highest BCUT2D eigenvalue weighted by molar-refractivity contribution is 5.67. The van der Waals surface area contributed by atoms with E-state index in [0.29, 0.717) is 12.2 Å². The van der Waals surface area contributed by atoms with E-state index in [0.717, 1.165) is 5.56 Å². The summed E-state index contributed by atoms with van der Waals surface area (Å²) in [6.07, 6.45) is 0.675. The third-order valence-electron chi connectivity index (χ3n) is 3.77. The van der Waals surface area contributed by atoms with Crippen LogP contribution in [0.15, 0.2) is 30.3 Å². The van der Waals surface area contributed by atoms with Crippen molar-refractivity contribution in [1.82, 2.24) is 20.2 Å². The van der Waals surface area contributed by atoms with E-state index in [4.69, 9.17) is 5.11 Å². The standard InChI is InChI=1S/C15H20N4O2/c1-4-12(10-13(20)21)19-14(16-17-18-19)15(2,3)11-8-6-5-7-9-11/h5-9,12H,4,10H2,1-3H3,(H,20,21). The molecule has 0 saturated carbocycles. The molecule has 2 rings (SSSR count). The van der Waals surface area contributed by atoms with Gasteiger partial charge < -0.3 is 5.11 Å². The van der Waals surface area contributed by atoms with Crippen molar-refractivity contribution in [2.24, 2.45) is 0 Å². The summed E-state index contributed by atoms with van der Waals surface area (Å²) < 4.78 is 1.65. The monoisotopic (exact) mass is 288 g/mol. The molecular weight excluding hydrogens is 268 g/mol. The first-order chi connectivity index (χ1) is 9.96. The van der Waals surface area contributed by atoms with Crippen LogP contribution in [0, 0.1) is 0 Å². The van der Waals surface area contributed by atoms with Crippen molar-refractivity contribution in [2.45, 2.75) is 45.1 Å². The second kappa shape index (κ2) is 6.03. The Morgan fingerprint density at radius 2 is 2.00 bits per heavy atom. The van der Waals surface area contributed by atoms with Gasteiger partial charge in [-0.1, -0.05) is 37.3 Å². The van der Waals surface area contributed by atoms with Crippen LogP contribution in [0.3, 0.4) is 0 Å². The van der Waals surface area contributed by atoms with Gasteiger partial charge in [0, 0.05) is 0 Å². The summed E-state index contributed by atoms with van der Waals surface area (Å²) in [5, 5.41) is 21.0. The number of rotatable bonds is 6. The second-order valence-electron chi connectivity index (χ2n) is 5.60. The first-order valence-corrected chi connectivity index (χ1v) is 7.02. The third-order valence-corrected chi connectivity index (χ3v) is 3.77. The lowest BCUT2D eigenvalue weighted by Gasteiger charge is -2.26. The van der Waals surface area contributed by atoms with Crippen LogP contribution in [-0.2, 0) is 10.2 Å². The van der Waals surface area contributed by atoms with Crippen LogP contribution < -0.4 is 0 Å². The van der Waals surface area contributed by atoms with E-state index >= 15 is 0 Å². The highest BCUT2D eigenvalue weighted by atomic mass is 16.4. The molecule has 1 N–H and O–H groups in total. The zero-order chi connectivity index (χ0) is 15.5. The van der Waals surface area contributed by atoms with E-state index in [1.807, 2.05) is 51.1 Å². The number of hydrogen-bond acceptors (Lipinski definition) is 4. The highest BCUT2D eigenvalue weighted by Gasteiger charge is 2.32. The summed E-state index contributed by atoms with van der Waals surface area (Å²) in [6.45, 7) is 6.02. The summed E-state index contributed by atoms with van der Waals surface area (Å²) >= 11 is 0. The minimum atomic E-state index is -0.846. The molecule has 0 aliphatic rings. The highest BCUT2D eigenvalue weighted by Crippen LogP contribution is 2.31. The first kappa shape index (κ1) is 15.2. The molecule has 6 heteroatoms. The molecule has 0 fully saturated rings. The molecule has 0 aliphatic heterocycles.